The highest BCUT2D eigenvalue weighted by molar-refractivity contribution is 7.16. The van der Waals surface area contributed by atoms with Crippen LogP contribution in [-0.4, -0.2) is 30.9 Å². The third kappa shape index (κ3) is 2.91. The van der Waals surface area contributed by atoms with Crippen LogP contribution >= 0.6 is 22.9 Å². The van der Waals surface area contributed by atoms with E-state index in [1.165, 1.54) is 5.69 Å². The smallest absolute Gasteiger partial charge is 0.160 e. The van der Waals surface area contributed by atoms with Gasteiger partial charge in [0.2, 0.25) is 0 Å². The Balaban J connectivity index is 1.55. The van der Waals surface area contributed by atoms with Gasteiger partial charge in [0.1, 0.15) is 10.0 Å². The Morgan fingerprint density at radius 1 is 1.43 bits per heavy atom. The number of nitrogens with zero attached hydrogens (tertiary/aromatic N) is 5. The van der Waals surface area contributed by atoms with E-state index >= 15 is 0 Å². The van der Waals surface area contributed by atoms with Crippen LogP contribution in [0.2, 0.25) is 4.34 Å². The van der Waals surface area contributed by atoms with Crippen molar-refractivity contribution in [3.05, 3.63) is 39.2 Å². The van der Waals surface area contributed by atoms with Crippen LogP contribution in [0.15, 0.2) is 18.5 Å². The summed E-state index contributed by atoms with van der Waals surface area (Å²) < 4.78 is 4.97. The number of imidazole rings is 1. The Bertz CT molecular complexity index is 790. The van der Waals surface area contributed by atoms with E-state index in [4.69, 9.17) is 11.6 Å². The highest BCUT2D eigenvalue weighted by atomic mass is 35.5. The Labute approximate surface area is 143 Å². The maximum Gasteiger partial charge on any atom is 0.160 e. The van der Waals surface area contributed by atoms with Crippen LogP contribution in [0.25, 0.3) is 11.5 Å². The summed E-state index contributed by atoms with van der Waals surface area (Å²) in [5, 5.41) is 9.10. The van der Waals surface area contributed by atoms with Crippen LogP contribution in [0, 0.1) is 6.92 Å². The van der Waals surface area contributed by atoms with E-state index in [1.54, 1.807) is 11.3 Å². The minimum absolute atomic E-state index is 0.778. The van der Waals surface area contributed by atoms with Gasteiger partial charge in [-0.1, -0.05) is 11.6 Å². The molecule has 4 heterocycles. The summed E-state index contributed by atoms with van der Waals surface area (Å²) in [4.78, 5) is 8.98. The number of halogens is 1. The number of hydrogen-bond donors (Lipinski definition) is 1. The first-order valence-electron chi connectivity index (χ1n) is 7.61. The van der Waals surface area contributed by atoms with Crippen LogP contribution in [0.1, 0.15) is 16.4 Å². The molecule has 1 aliphatic rings. The van der Waals surface area contributed by atoms with Crippen molar-refractivity contribution in [1.82, 2.24) is 29.6 Å². The molecular formula is C15H17ClN6S. The summed E-state index contributed by atoms with van der Waals surface area (Å²) in [6, 6.07) is 2.12. The zero-order chi connectivity index (χ0) is 15.8. The van der Waals surface area contributed by atoms with Crippen LogP contribution in [0.4, 0.5) is 0 Å². The van der Waals surface area contributed by atoms with E-state index in [1.807, 2.05) is 19.3 Å². The molecule has 0 spiro atoms. The van der Waals surface area contributed by atoms with E-state index in [9.17, 15) is 0 Å². The molecule has 0 saturated carbocycles. The summed E-state index contributed by atoms with van der Waals surface area (Å²) in [5.74, 6) is 0.909. The van der Waals surface area contributed by atoms with E-state index in [0.717, 1.165) is 59.2 Å². The molecule has 4 rings (SSSR count). The number of hydrogen-bond acceptors (Lipinski definition) is 5. The molecule has 3 aromatic heterocycles. The number of fused-ring (bicyclic) bond motifs is 1. The predicted octanol–water partition coefficient (Wildman–Crippen LogP) is 2.51. The summed E-state index contributed by atoms with van der Waals surface area (Å²) in [7, 11) is 0. The third-order valence-corrected chi connectivity index (χ3v) is 5.48. The molecule has 0 fully saturated rings. The van der Waals surface area contributed by atoms with Crippen molar-refractivity contribution in [3.63, 3.8) is 0 Å². The minimum Gasteiger partial charge on any atom is -0.329 e. The van der Waals surface area contributed by atoms with E-state index in [-0.39, 0.29) is 0 Å². The summed E-state index contributed by atoms with van der Waals surface area (Å²) in [6.07, 6.45) is 4.66. The molecule has 0 radical (unpaired) electrons. The number of nitrogens with one attached hydrogen (secondary N) is 1. The zero-order valence-corrected chi connectivity index (χ0v) is 14.4. The predicted molar refractivity (Wildman–Crippen MR) is 90.7 cm³/mol. The maximum atomic E-state index is 6.09. The number of aryl methyl sites for hydroxylation is 3. The molecule has 0 amide bonds. The Morgan fingerprint density at radius 3 is 3.13 bits per heavy atom. The van der Waals surface area contributed by atoms with E-state index in [2.05, 4.69) is 35.7 Å². The van der Waals surface area contributed by atoms with Gasteiger partial charge in [0.05, 0.1) is 22.9 Å². The minimum atomic E-state index is 0.778. The van der Waals surface area contributed by atoms with Crippen molar-refractivity contribution >= 4 is 22.9 Å². The molecule has 8 heteroatoms. The molecular weight excluding hydrogens is 332 g/mol. The molecule has 0 saturated heterocycles. The standard InChI is InChI=1S/C15H17ClN6S/c1-10-14(16)23-13(19-10)2-5-21-6-4-18-15(21)12-8-11-9-17-3-7-22(11)20-12/h4,6,8,17H,2-3,5,7,9H2,1H3. The molecule has 1 N–H and O–H groups in total. The van der Waals surface area contributed by atoms with Crippen LogP contribution in [0.3, 0.4) is 0 Å². The zero-order valence-electron chi connectivity index (χ0n) is 12.8. The van der Waals surface area contributed by atoms with Gasteiger partial charge in [0, 0.05) is 38.4 Å². The van der Waals surface area contributed by atoms with Crippen LogP contribution in [0.5, 0.6) is 0 Å². The Kier molecular flexibility index (Phi) is 3.92. The van der Waals surface area contributed by atoms with Crippen LogP contribution < -0.4 is 5.32 Å². The van der Waals surface area contributed by atoms with E-state index in [0.29, 0.717) is 0 Å². The lowest BCUT2D eigenvalue weighted by Gasteiger charge is -2.13. The van der Waals surface area contributed by atoms with Gasteiger partial charge in [-0.15, -0.1) is 11.3 Å². The second kappa shape index (κ2) is 6.07. The van der Waals surface area contributed by atoms with Crippen molar-refractivity contribution < 1.29 is 0 Å². The van der Waals surface area contributed by atoms with Gasteiger partial charge in [0.15, 0.2) is 5.82 Å². The molecule has 6 nitrogen and oxygen atoms in total. The highest BCUT2D eigenvalue weighted by Gasteiger charge is 2.16. The van der Waals surface area contributed by atoms with Crippen molar-refractivity contribution in [2.75, 3.05) is 6.54 Å². The Morgan fingerprint density at radius 2 is 2.35 bits per heavy atom. The maximum absolute atomic E-state index is 6.09. The highest BCUT2D eigenvalue weighted by Crippen LogP contribution is 2.25. The average molecular weight is 349 g/mol. The quantitative estimate of drug-likeness (QED) is 0.787. The van der Waals surface area contributed by atoms with Crippen molar-refractivity contribution in [2.45, 2.75) is 33.0 Å². The average Bonchev–Trinajstić information content (AvgIpc) is 3.24. The molecule has 120 valence electrons. The molecule has 23 heavy (non-hydrogen) atoms. The normalized spacial score (nSPS) is 14.2. The molecule has 0 bridgehead atoms. The van der Waals surface area contributed by atoms with Gasteiger partial charge in [-0.25, -0.2) is 9.97 Å². The monoisotopic (exact) mass is 348 g/mol. The fourth-order valence-corrected chi connectivity index (χ4v) is 3.86. The summed E-state index contributed by atoms with van der Waals surface area (Å²) in [6.45, 7) is 5.50. The second-order valence-electron chi connectivity index (χ2n) is 5.58. The fraction of sp³-hybridized carbons (Fsp3) is 0.400. The van der Waals surface area contributed by atoms with E-state index < -0.39 is 0 Å². The number of aromatic nitrogens is 5. The van der Waals surface area contributed by atoms with Crippen molar-refractivity contribution in [3.8, 4) is 11.5 Å². The van der Waals surface area contributed by atoms with Gasteiger partial charge in [0.25, 0.3) is 0 Å². The summed E-state index contributed by atoms with van der Waals surface area (Å²) in [5.41, 5.74) is 3.05. The fourth-order valence-electron chi connectivity index (χ4n) is 2.78. The number of rotatable bonds is 4. The number of thiazole rings is 1. The molecule has 0 atom stereocenters. The first-order chi connectivity index (χ1) is 11.2. The largest absolute Gasteiger partial charge is 0.329 e. The molecule has 1 aliphatic heterocycles. The van der Waals surface area contributed by atoms with Gasteiger partial charge in [-0.3, -0.25) is 4.68 Å². The molecule has 0 unspecified atom stereocenters. The molecule has 0 aliphatic carbocycles. The third-order valence-electron chi connectivity index (χ3n) is 3.97. The lowest BCUT2D eigenvalue weighted by atomic mass is 10.3. The lowest BCUT2D eigenvalue weighted by molar-refractivity contribution is 0.476. The van der Waals surface area contributed by atoms with Crippen molar-refractivity contribution in [2.24, 2.45) is 0 Å². The Hall–Kier alpha value is -1.70. The first-order valence-corrected chi connectivity index (χ1v) is 8.81. The lowest BCUT2D eigenvalue weighted by Crippen LogP contribution is -2.28. The van der Waals surface area contributed by atoms with Crippen molar-refractivity contribution in [1.29, 1.82) is 0 Å². The van der Waals surface area contributed by atoms with Crippen LogP contribution in [-0.2, 0) is 26.1 Å². The summed E-state index contributed by atoms with van der Waals surface area (Å²) >= 11 is 7.65. The molecule has 0 aromatic carbocycles. The van der Waals surface area contributed by atoms with Gasteiger partial charge in [-0.2, -0.15) is 5.10 Å². The topological polar surface area (TPSA) is 60.6 Å². The molecule has 3 aromatic rings. The van der Waals surface area contributed by atoms with Gasteiger partial charge in [-0.05, 0) is 13.0 Å². The van der Waals surface area contributed by atoms with Gasteiger partial charge < -0.3 is 9.88 Å². The first kappa shape index (κ1) is 14.9. The second-order valence-corrected chi connectivity index (χ2v) is 7.27. The van der Waals surface area contributed by atoms with Gasteiger partial charge >= 0.3 is 0 Å². The SMILES string of the molecule is Cc1nc(CCn2ccnc2-c2cc3n(n2)CCNC3)sc1Cl.